The summed E-state index contributed by atoms with van der Waals surface area (Å²) in [4.78, 5) is 18.2. The summed E-state index contributed by atoms with van der Waals surface area (Å²) < 4.78 is 7.27. The lowest BCUT2D eigenvalue weighted by molar-refractivity contribution is -0.118. The van der Waals surface area contributed by atoms with Crippen molar-refractivity contribution in [2.75, 3.05) is 24.7 Å². The molecular formula is C22H20N4O2S2. The summed E-state index contributed by atoms with van der Waals surface area (Å²) in [5.74, 6) is 0.500. The molecule has 1 aliphatic rings. The molecule has 0 saturated carbocycles. The van der Waals surface area contributed by atoms with E-state index in [9.17, 15) is 4.79 Å². The van der Waals surface area contributed by atoms with Gasteiger partial charge in [0.15, 0.2) is 6.61 Å². The predicted octanol–water partition coefficient (Wildman–Crippen LogP) is 4.24. The summed E-state index contributed by atoms with van der Waals surface area (Å²) in [7, 11) is 0. The van der Waals surface area contributed by atoms with Crippen molar-refractivity contribution in [3.63, 3.8) is 0 Å². The molecule has 1 aliphatic heterocycles. The van der Waals surface area contributed by atoms with E-state index in [-0.39, 0.29) is 12.5 Å². The number of amides is 1. The van der Waals surface area contributed by atoms with E-state index in [1.165, 1.54) is 16.2 Å². The lowest BCUT2D eigenvalue weighted by Crippen LogP contribution is -2.25. The highest BCUT2D eigenvalue weighted by Gasteiger charge is 2.17. The molecular weight excluding hydrogens is 416 g/mol. The van der Waals surface area contributed by atoms with Crippen LogP contribution in [0.15, 0.2) is 75.5 Å². The SMILES string of the molecule is C=CCN=c1scc(-c2ccc3c(c2)NC(=O)CO3)n1N=Cc1ccc(SC)cc1. The Morgan fingerprint density at radius 3 is 2.90 bits per heavy atom. The zero-order chi connectivity index (χ0) is 20.9. The second-order valence-electron chi connectivity index (χ2n) is 6.41. The number of thioether (sulfide) groups is 1. The standard InChI is InChI=1S/C22H20N4O2S2/c1-3-10-23-22-26(24-12-15-4-7-17(29-2)8-5-15)19(14-30-22)16-6-9-20-18(11-16)25-21(27)13-28-20/h3-9,11-12,14H,1,10,13H2,2H3,(H,25,27). The molecule has 30 heavy (non-hydrogen) atoms. The van der Waals surface area contributed by atoms with Gasteiger partial charge in [-0.2, -0.15) is 5.10 Å². The topological polar surface area (TPSA) is 68.0 Å². The van der Waals surface area contributed by atoms with E-state index in [1.807, 2.05) is 46.6 Å². The minimum Gasteiger partial charge on any atom is -0.482 e. The second-order valence-corrected chi connectivity index (χ2v) is 8.13. The molecule has 1 amide bonds. The Morgan fingerprint density at radius 2 is 2.13 bits per heavy atom. The first kappa shape index (κ1) is 20.2. The summed E-state index contributed by atoms with van der Waals surface area (Å²) >= 11 is 3.21. The van der Waals surface area contributed by atoms with Crippen LogP contribution < -0.4 is 14.9 Å². The van der Waals surface area contributed by atoms with Crippen LogP contribution in [0, 0.1) is 0 Å². The third-order valence-electron chi connectivity index (χ3n) is 4.39. The highest BCUT2D eigenvalue weighted by atomic mass is 32.2. The largest absolute Gasteiger partial charge is 0.482 e. The highest BCUT2D eigenvalue weighted by Crippen LogP contribution is 2.32. The van der Waals surface area contributed by atoms with Gasteiger partial charge in [-0.1, -0.05) is 18.2 Å². The number of nitrogens with zero attached hydrogens (tertiary/aromatic N) is 3. The number of fused-ring (bicyclic) bond motifs is 1. The zero-order valence-electron chi connectivity index (χ0n) is 16.4. The fourth-order valence-electron chi connectivity index (χ4n) is 2.92. The molecule has 0 aliphatic carbocycles. The van der Waals surface area contributed by atoms with Gasteiger partial charge in [0.25, 0.3) is 5.91 Å². The Balaban J connectivity index is 1.74. The molecule has 0 bridgehead atoms. The van der Waals surface area contributed by atoms with Crippen LogP contribution in [0.25, 0.3) is 11.3 Å². The van der Waals surface area contributed by atoms with Crippen molar-refractivity contribution >= 4 is 40.9 Å². The lowest BCUT2D eigenvalue weighted by atomic mass is 10.1. The number of anilines is 1. The summed E-state index contributed by atoms with van der Waals surface area (Å²) in [6.07, 6.45) is 5.62. The molecule has 3 aromatic rings. The Labute approximate surface area is 182 Å². The third kappa shape index (κ3) is 4.39. The van der Waals surface area contributed by atoms with Gasteiger partial charge in [0.05, 0.1) is 24.1 Å². The van der Waals surface area contributed by atoms with Gasteiger partial charge in [0.1, 0.15) is 5.75 Å². The average molecular weight is 437 g/mol. The molecule has 0 radical (unpaired) electrons. The minimum absolute atomic E-state index is 0.0367. The van der Waals surface area contributed by atoms with Crippen LogP contribution in [0.4, 0.5) is 5.69 Å². The van der Waals surface area contributed by atoms with Crippen molar-refractivity contribution < 1.29 is 9.53 Å². The summed E-state index contributed by atoms with van der Waals surface area (Å²) in [5.41, 5.74) is 3.44. The second kappa shape index (κ2) is 9.15. The number of ether oxygens (including phenoxy) is 1. The first-order valence-corrected chi connectivity index (χ1v) is 11.4. The van der Waals surface area contributed by atoms with E-state index in [0.717, 1.165) is 21.6 Å². The van der Waals surface area contributed by atoms with Gasteiger partial charge in [-0.05, 0) is 42.2 Å². The quantitative estimate of drug-likeness (QED) is 0.357. The first-order valence-electron chi connectivity index (χ1n) is 9.25. The van der Waals surface area contributed by atoms with Crippen molar-refractivity contribution in [2.24, 2.45) is 10.1 Å². The van der Waals surface area contributed by atoms with E-state index >= 15 is 0 Å². The predicted molar refractivity (Wildman–Crippen MR) is 124 cm³/mol. The Bertz CT molecular complexity index is 1180. The molecule has 6 nitrogen and oxygen atoms in total. The number of aromatic nitrogens is 1. The van der Waals surface area contributed by atoms with Crippen molar-refractivity contribution in [1.29, 1.82) is 0 Å². The van der Waals surface area contributed by atoms with Crippen LogP contribution in [0.3, 0.4) is 0 Å². The van der Waals surface area contributed by atoms with E-state index in [2.05, 4.69) is 35.3 Å². The number of carbonyl (C=O) groups is 1. The number of thiazole rings is 1. The monoisotopic (exact) mass is 436 g/mol. The fourth-order valence-corrected chi connectivity index (χ4v) is 4.17. The Morgan fingerprint density at radius 1 is 1.30 bits per heavy atom. The number of benzene rings is 2. The molecule has 0 saturated heterocycles. The van der Waals surface area contributed by atoms with Crippen molar-refractivity contribution in [2.45, 2.75) is 4.90 Å². The lowest BCUT2D eigenvalue weighted by Gasteiger charge is -2.18. The average Bonchev–Trinajstić information content (AvgIpc) is 3.18. The summed E-state index contributed by atoms with van der Waals surface area (Å²) in [6, 6.07) is 13.9. The maximum Gasteiger partial charge on any atom is 0.262 e. The number of carbonyl (C=O) groups excluding carboxylic acids is 1. The van der Waals surface area contributed by atoms with Gasteiger partial charge in [0, 0.05) is 15.8 Å². The molecule has 152 valence electrons. The van der Waals surface area contributed by atoms with Crippen molar-refractivity contribution in [3.8, 4) is 17.0 Å². The summed E-state index contributed by atoms with van der Waals surface area (Å²) in [6.45, 7) is 4.29. The maximum atomic E-state index is 11.7. The molecule has 1 N–H and O–H groups in total. The van der Waals surface area contributed by atoms with Crippen LogP contribution in [-0.4, -0.2) is 36.2 Å². The molecule has 0 spiro atoms. The van der Waals surface area contributed by atoms with Gasteiger partial charge >= 0.3 is 0 Å². The number of hydrogen-bond acceptors (Lipinski definition) is 6. The number of hydrogen-bond donors (Lipinski definition) is 1. The smallest absolute Gasteiger partial charge is 0.262 e. The van der Waals surface area contributed by atoms with Crippen LogP contribution in [0.5, 0.6) is 5.75 Å². The first-order chi connectivity index (χ1) is 14.7. The third-order valence-corrected chi connectivity index (χ3v) is 5.98. The van der Waals surface area contributed by atoms with Crippen LogP contribution in [0.1, 0.15) is 5.56 Å². The molecule has 0 atom stereocenters. The molecule has 1 aromatic heterocycles. The van der Waals surface area contributed by atoms with Gasteiger partial charge in [-0.3, -0.25) is 9.79 Å². The van der Waals surface area contributed by atoms with Crippen LogP contribution in [-0.2, 0) is 4.79 Å². The molecule has 4 rings (SSSR count). The van der Waals surface area contributed by atoms with Crippen molar-refractivity contribution in [1.82, 2.24) is 4.68 Å². The van der Waals surface area contributed by atoms with E-state index < -0.39 is 0 Å². The molecule has 0 fully saturated rings. The minimum atomic E-state index is -0.161. The van der Waals surface area contributed by atoms with Gasteiger partial charge < -0.3 is 10.1 Å². The Kier molecular flexibility index (Phi) is 6.15. The van der Waals surface area contributed by atoms with Gasteiger partial charge in [-0.15, -0.1) is 29.7 Å². The maximum absolute atomic E-state index is 11.7. The zero-order valence-corrected chi connectivity index (χ0v) is 18.0. The number of nitrogens with one attached hydrogen (secondary N) is 1. The van der Waals surface area contributed by atoms with Crippen LogP contribution in [0.2, 0.25) is 0 Å². The van der Waals surface area contributed by atoms with Crippen molar-refractivity contribution in [3.05, 3.63) is 70.9 Å². The molecule has 2 aromatic carbocycles. The molecule has 8 heteroatoms. The van der Waals surface area contributed by atoms with Crippen LogP contribution >= 0.6 is 23.1 Å². The molecule has 0 unspecified atom stereocenters. The highest BCUT2D eigenvalue weighted by molar-refractivity contribution is 7.98. The summed E-state index contributed by atoms with van der Waals surface area (Å²) in [5, 5.41) is 9.55. The molecule has 2 heterocycles. The van der Waals surface area contributed by atoms with E-state index in [0.29, 0.717) is 18.0 Å². The Hall–Kier alpha value is -3.10. The van der Waals surface area contributed by atoms with E-state index in [1.54, 1.807) is 17.8 Å². The van der Waals surface area contributed by atoms with E-state index in [4.69, 9.17) is 9.84 Å². The van der Waals surface area contributed by atoms with Gasteiger partial charge in [-0.25, -0.2) is 4.68 Å². The van der Waals surface area contributed by atoms with Gasteiger partial charge in [0.2, 0.25) is 4.80 Å². The normalized spacial score (nSPS) is 13.8. The number of rotatable bonds is 6. The fraction of sp³-hybridized carbons (Fsp3) is 0.136.